The Morgan fingerprint density at radius 3 is 2.30 bits per heavy atom. The average Bonchev–Trinajstić information content (AvgIpc) is 3.19. The van der Waals surface area contributed by atoms with Crippen molar-refractivity contribution >= 4 is 22.9 Å². The lowest BCUT2D eigenvalue weighted by Gasteiger charge is -2.14. The minimum Gasteiger partial charge on any atom is -0.493 e. The molecule has 0 saturated heterocycles. The van der Waals surface area contributed by atoms with Gasteiger partial charge < -0.3 is 24.3 Å². The Morgan fingerprint density at radius 1 is 1.03 bits per heavy atom. The second-order valence-electron chi connectivity index (χ2n) is 6.47. The Morgan fingerprint density at radius 2 is 1.70 bits per heavy atom. The van der Waals surface area contributed by atoms with Gasteiger partial charge in [0.2, 0.25) is 11.7 Å². The molecule has 1 aromatic heterocycles. The molecule has 1 N–H and O–H groups in total. The molecular formula is C22H24N2O5S. The molecule has 3 aromatic rings. The second kappa shape index (κ2) is 9.98. The molecular weight excluding hydrogens is 404 g/mol. The summed E-state index contributed by atoms with van der Waals surface area (Å²) < 4.78 is 21.7. The maximum atomic E-state index is 12.5. The van der Waals surface area contributed by atoms with Crippen LogP contribution < -0.4 is 24.3 Å². The third-order valence-corrected chi connectivity index (χ3v) is 5.14. The molecule has 2 aromatic carbocycles. The van der Waals surface area contributed by atoms with Gasteiger partial charge in [-0.1, -0.05) is 17.7 Å². The highest BCUT2D eigenvalue weighted by Crippen LogP contribution is 2.39. The lowest BCUT2D eigenvalue weighted by atomic mass is 10.2. The van der Waals surface area contributed by atoms with E-state index in [1.54, 1.807) is 12.1 Å². The van der Waals surface area contributed by atoms with Gasteiger partial charge in [0, 0.05) is 23.2 Å². The Labute approximate surface area is 179 Å². The normalized spacial score (nSPS) is 10.4. The minimum atomic E-state index is -0.194. The average molecular weight is 429 g/mol. The van der Waals surface area contributed by atoms with Gasteiger partial charge in [0.1, 0.15) is 17.4 Å². The number of benzene rings is 2. The molecule has 0 spiro atoms. The smallest absolute Gasteiger partial charge is 0.230 e. The van der Waals surface area contributed by atoms with Crippen LogP contribution in [0.25, 0.3) is 0 Å². The van der Waals surface area contributed by atoms with E-state index in [1.165, 1.54) is 38.2 Å². The highest BCUT2D eigenvalue weighted by Gasteiger charge is 2.15. The number of amides is 1. The van der Waals surface area contributed by atoms with E-state index in [9.17, 15) is 4.79 Å². The van der Waals surface area contributed by atoms with Crippen molar-refractivity contribution in [1.82, 2.24) is 4.98 Å². The summed E-state index contributed by atoms with van der Waals surface area (Å²) in [6.45, 7) is 2.39. The SMILES string of the molecule is COc1cc(NC(=O)Cc2csc(COc3ccc(C)cc3)n2)cc(OC)c1OC. The predicted octanol–water partition coefficient (Wildman–Crippen LogP) is 4.24. The molecule has 0 radical (unpaired) electrons. The van der Waals surface area contributed by atoms with Gasteiger partial charge in [-0.15, -0.1) is 11.3 Å². The highest BCUT2D eigenvalue weighted by atomic mass is 32.1. The number of aryl methyl sites for hydroxylation is 1. The second-order valence-corrected chi connectivity index (χ2v) is 7.42. The highest BCUT2D eigenvalue weighted by molar-refractivity contribution is 7.09. The van der Waals surface area contributed by atoms with Crippen LogP contribution in [0.2, 0.25) is 0 Å². The van der Waals surface area contributed by atoms with Crippen molar-refractivity contribution < 1.29 is 23.7 Å². The lowest BCUT2D eigenvalue weighted by molar-refractivity contribution is -0.115. The molecule has 8 heteroatoms. The number of hydrogen-bond acceptors (Lipinski definition) is 7. The number of methoxy groups -OCH3 is 3. The van der Waals surface area contributed by atoms with Crippen LogP contribution >= 0.6 is 11.3 Å². The zero-order chi connectivity index (χ0) is 21.5. The summed E-state index contributed by atoms with van der Waals surface area (Å²) in [5, 5.41) is 5.52. The fourth-order valence-corrected chi connectivity index (χ4v) is 3.50. The first kappa shape index (κ1) is 21.4. The van der Waals surface area contributed by atoms with Gasteiger partial charge in [-0.2, -0.15) is 0 Å². The van der Waals surface area contributed by atoms with Crippen LogP contribution in [0, 0.1) is 6.92 Å². The van der Waals surface area contributed by atoms with E-state index in [1.807, 2.05) is 36.6 Å². The first-order valence-electron chi connectivity index (χ1n) is 9.25. The number of aromatic nitrogens is 1. The van der Waals surface area contributed by atoms with Crippen molar-refractivity contribution in [3.63, 3.8) is 0 Å². The van der Waals surface area contributed by atoms with Gasteiger partial charge in [0.15, 0.2) is 11.5 Å². The van der Waals surface area contributed by atoms with E-state index in [0.29, 0.717) is 35.2 Å². The van der Waals surface area contributed by atoms with E-state index in [-0.39, 0.29) is 12.3 Å². The molecule has 0 fully saturated rings. The molecule has 3 rings (SSSR count). The number of rotatable bonds is 9. The van der Waals surface area contributed by atoms with Gasteiger partial charge >= 0.3 is 0 Å². The van der Waals surface area contributed by atoms with Crippen LogP contribution in [0.4, 0.5) is 5.69 Å². The van der Waals surface area contributed by atoms with Crippen LogP contribution in [0.3, 0.4) is 0 Å². The van der Waals surface area contributed by atoms with Crippen molar-refractivity contribution in [3.05, 3.63) is 58.0 Å². The largest absolute Gasteiger partial charge is 0.493 e. The lowest BCUT2D eigenvalue weighted by Crippen LogP contribution is -2.15. The molecule has 0 aliphatic carbocycles. The molecule has 158 valence electrons. The Hall–Kier alpha value is -3.26. The van der Waals surface area contributed by atoms with E-state index in [0.717, 1.165) is 10.8 Å². The molecule has 0 aliphatic rings. The first-order chi connectivity index (χ1) is 14.5. The number of anilines is 1. The molecule has 0 atom stereocenters. The molecule has 0 unspecified atom stereocenters. The summed E-state index contributed by atoms with van der Waals surface area (Å²) in [4.78, 5) is 16.9. The van der Waals surface area contributed by atoms with Gasteiger partial charge in [-0.25, -0.2) is 4.98 Å². The van der Waals surface area contributed by atoms with Crippen LogP contribution in [-0.4, -0.2) is 32.2 Å². The number of ether oxygens (including phenoxy) is 4. The number of thiazole rings is 1. The summed E-state index contributed by atoms with van der Waals surface area (Å²) in [5.74, 6) is 2.00. The summed E-state index contributed by atoms with van der Waals surface area (Å²) >= 11 is 1.46. The van der Waals surface area contributed by atoms with Crippen LogP contribution in [0.1, 0.15) is 16.3 Å². The first-order valence-corrected chi connectivity index (χ1v) is 10.1. The van der Waals surface area contributed by atoms with Crippen molar-refractivity contribution in [3.8, 4) is 23.0 Å². The number of carbonyl (C=O) groups is 1. The van der Waals surface area contributed by atoms with Gasteiger partial charge in [-0.05, 0) is 19.1 Å². The van der Waals surface area contributed by atoms with E-state index in [4.69, 9.17) is 18.9 Å². The topological polar surface area (TPSA) is 78.9 Å². The summed E-state index contributed by atoms with van der Waals surface area (Å²) in [7, 11) is 4.58. The molecule has 0 saturated carbocycles. The van der Waals surface area contributed by atoms with E-state index >= 15 is 0 Å². The summed E-state index contributed by atoms with van der Waals surface area (Å²) in [6, 6.07) is 11.2. The summed E-state index contributed by atoms with van der Waals surface area (Å²) in [6.07, 6.45) is 0.150. The Balaban J connectivity index is 1.59. The van der Waals surface area contributed by atoms with Gasteiger partial charge in [0.25, 0.3) is 0 Å². The number of nitrogens with one attached hydrogen (secondary N) is 1. The van der Waals surface area contributed by atoms with Crippen molar-refractivity contribution in [2.24, 2.45) is 0 Å². The van der Waals surface area contributed by atoms with Crippen molar-refractivity contribution in [2.75, 3.05) is 26.6 Å². The Bertz CT molecular complexity index is 976. The third-order valence-electron chi connectivity index (χ3n) is 4.27. The molecule has 1 heterocycles. The number of carbonyl (C=O) groups excluding carboxylic acids is 1. The standard InChI is InChI=1S/C22H24N2O5S/c1-14-5-7-17(8-6-14)29-12-21-24-16(13-30-21)11-20(25)23-15-9-18(26-2)22(28-4)19(10-15)27-3/h5-10,13H,11-12H2,1-4H3,(H,23,25). The minimum absolute atomic E-state index is 0.150. The van der Waals surface area contributed by atoms with Crippen LogP contribution in [0.15, 0.2) is 41.8 Å². The fraction of sp³-hybridized carbons (Fsp3) is 0.273. The van der Waals surface area contributed by atoms with Gasteiger partial charge in [-0.3, -0.25) is 4.79 Å². The molecule has 0 aliphatic heterocycles. The maximum Gasteiger partial charge on any atom is 0.230 e. The molecule has 30 heavy (non-hydrogen) atoms. The van der Waals surface area contributed by atoms with E-state index in [2.05, 4.69) is 10.3 Å². The van der Waals surface area contributed by atoms with Crippen LogP contribution in [0.5, 0.6) is 23.0 Å². The number of nitrogens with zero attached hydrogens (tertiary/aromatic N) is 1. The number of hydrogen-bond donors (Lipinski definition) is 1. The molecule has 1 amide bonds. The quantitative estimate of drug-likeness (QED) is 0.549. The van der Waals surface area contributed by atoms with Crippen LogP contribution in [-0.2, 0) is 17.8 Å². The maximum absolute atomic E-state index is 12.5. The third kappa shape index (κ3) is 5.42. The van der Waals surface area contributed by atoms with Gasteiger partial charge in [0.05, 0.1) is 33.4 Å². The fourth-order valence-electron chi connectivity index (χ4n) is 2.80. The predicted molar refractivity (Wildman–Crippen MR) is 116 cm³/mol. The van der Waals surface area contributed by atoms with E-state index < -0.39 is 0 Å². The Kier molecular flexibility index (Phi) is 7.13. The zero-order valence-corrected chi connectivity index (χ0v) is 18.2. The zero-order valence-electron chi connectivity index (χ0n) is 17.4. The summed E-state index contributed by atoms with van der Waals surface area (Å²) in [5.41, 5.74) is 2.41. The molecule has 7 nitrogen and oxygen atoms in total. The molecule has 0 bridgehead atoms. The van der Waals surface area contributed by atoms with Crippen molar-refractivity contribution in [1.29, 1.82) is 0 Å². The monoisotopic (exact) mass is 428 g/mol. The van der Waals surface area contributed by atoms with Crippen molar-refractivity contribution in [2.45, 2.75) is 20.0 Å².